The smallest absolute Gasteiger partial charge is 0.227 e. The van der Waals surface area contributed by atoms with Crippen molar-refractivity contribution < 1.29 is 5.11 Å². The molecule has 0 amide bonds. The van der Waals surface area contributed by atoms with Crippen LogP contribution in [0.15, 0.2) is 60.9 Å². The van der Waals surface area contributed by atoms with Gasteiger partial charge in [-0.25, -0.2) is 15.0 Å². The number of anilines is 2. The van der Waals surface area contributed by atoms with Gasteiger partial charge >= 0.3 is 0 Å². The molecule has 0 aliphatic carbocycles. The third kappa shape index (κ3) is 3.87. The average Bonchev–Trinajstić information content (AvgIpc) is 3.30. The molecule has 7 nitrogen and oxygen atoms in total. The molecule has 0 bridgehead atoms. The van der Waals surface area contributed by atoms with Crippen LogP contribution in [0, 0.1) is 0 Å². The van der Waals surface area contributed by atoms with Crippen LogP contribution in [0.2, 0.25) is 5.15 Å². The summed E-state index contributed by atoms with van der Waals surface area (Å²) in [6.07, 6.45) is 4.25. The molecule has 1 fully saturated rings. The average molecular weight is 421 g/mol. The fourth-order valence-electron chi connectivity index (χ4n) is 3.84. The number of nitrogens with zero attached hydrogens (tertiary/aromatic N) is 5. The minimum Gasteiger partial charge on any atom is -0.392 e. The number of imidazole rings is 1. The Morgan fingerprint density at radius 2 is 2.07 bits per heavy atom. The van der Waals surface area contributed by atoms with E-state index >= 15 is 0 Å². The van der Waals surface area contributed by atoms with Gasteiger partial charge in [-0.3, -0.25) is 9.30 Å². The Morgan fingerprint density at radius 3 is 2.93 bits per heavy atom. The van der Waals surface area contributed by atoms with E-state index in [9.17, 15) is 5.11 Å². The Balaban J connectivity index is 1.39. The van der Waals surface area contributed by atoms with Crippen LogP contribution in [-0.2, 0) is 6.54 Å². The minimum atomic E-state index is -0.214. The maximum absolute atomic E-state index is 9.73. The van der Waals surface area contributed by atoms with Gasteiger partial charge in [0.05, 0.1) is 11.8 Å². The quantitative estimate of drug-likeness (QED) is 0.512. The molecule has 1 unspecified atom stereocenters. The zero-order chi connectivity index (χ0) is 20.5. The van der Waals surface area contributed by atoms with Crippen molar-refractivity contribution in [3.8, 4) is 11.4 Å². The molecule has 1 aromatic carbocycles. The van der Waals surface area contributed by atoms with Crippen LogP contribution >= 0.6 is 11.6 Å². The number of halogens is 1. The highest BCUT2D eigenvalue weighted by atomic mass is 35.5. The molecule has 0 saturated carbocycles. The molecule has 30 heavy (non-hydrogen) atoms. The van der Waals surface area contributed by atoms with E-state index in [-0.39, 0.29) is 6.10 Å². The number of aliphatic hydroxyl groups is 1. The highest BCUT2D eigenvalue weighted by Crippen LogP contribution is 2.28. The fourth-order valence-corrected chi connectivity index (χ4v) is 4.11. The van der Waals surface area contributed by atoms with Gasteiger partial charge in [-0.05, 0) is 42.3 Å². The fraction of sp³-hybridized carbons (Fsp3) is 0.227. The van der Waals surface area contributed by atoms with Gasteiger partial charge < -0.3 is 10.4 Å². The Kier molecular flexibility index (Phi) is 5.08. The number of likely N-dealkylation sites (tertiary alicyclic amines) is 1. The molecule has 8 heteroatoms. The number of pyridine rings is 1. The van der Waals surface area contributed by atoms with Crippen LogP contribution < -0.4 is 5.32 Å². The van der Waals surface area contributed by atoms with Crippen LogP contribution in [0.4, 0.5) is 11.6 Å². The summed E-state index contributed by atoms with van der Waals surface area (Å²) in [4.78, 5) is 15.7. The van der Waals surface area contributed by atoms with E-state index in [1.54, 1.807) is 6.20 Å². The number of hydrogen-bond donors (Lipinski definition) is 2. The normalized spacial score (nSPS) is 16.9. The van der Waals surface area contributed by atoms with E-state index in [1.807, 2.05) is 47.0 Å². The van der Waals surface area contributed by atoms with Gasteiger partial charge in [0.15, 0.2) is 5.15 Å². The number of nitrogens with one attached hydrogen (secondary N) is 1. The topological polar surface area (TPSA) is 78.6 Å². The van der Waals surface area contributed by atoms with Gasteiger partial charge in [0.2, 0.25) is 5.95 Å². The number of fused-ring (bicyclic) bond motifs is 1. The van der Waals surface area contributed by atoms with E-state index in [0.29, 0.717) is 16.8 Å². The largest absolute Gasteiger partial charge is 0.392 e. The van der Waals surface area contributed by atoms with E-state index in [2.05, 4.69) is 37.3 Å². The third-order valence-electron chi connectivity index (χ3n) is 5.22. The first-order valence-electron chi connectivity index (χ1n) is 9.88. The molecule has 1 aliphatic rings. The second-order valence-electron chi connectivity index (χ2n) is 7.45. The third-order valence-corrected chi connectivity index (χ3v) is 5.49. The Hall–Kier alpha value is -3.00. The number of rotatable bonds is 5. The number of benzene rings is 1. The van der Waals surface area contributed by atoms with Crippen LogP contribution in [0.1, 0.15) is 12.0 Å². The van der Waals surface area contributed by atoms with Gasteiger partial charge in [0.1, 0.15) is 11.3 Å². The Bertz CT molecular complexity index is 1190. The van der Waals surface area contributed by atoms with Crippen molar-refractivity contribution in [1.82, 2.24) is 24.3 Å². The summed E-state index contributed by atoms with van der Waals surface area (Å²) >= 11 is 6.39. The van der Waals surface area contributed by atoms with E-state index in [0.717, 1.165) is 43.1 Å². The zero-order valence-electron chi connectivity index (χ0n) is 16.2. The Labute approximate surface area is 179 Å². The second kappa shape index (κ2) is 8.02. The highest BCUT2D eigenvalue weighted by Gasteiger charge is 2.20. The minimum absolute atomic E-state index is 0.214. The molecule has 1 atom stereocenters. The van der Waals surface area contributed by atoms with Crippen molar-refractivity contribution in [2.45, 2.75) is 19.1 Å². The highest BCUT2D eigenvalue weighted by molar-refractivity contribution is 6.32. The van der Waals surface area contributed by atoms with Gasteiger partial charge in [-0.2, -0.15) is 0 Å². The van der Waals surface area contributed by atoms with Gasteiger partial charge in [0.25, 0.3) is 0 Å². The molecule has 0 spiro atoms. The summed E-state index contributed by atoms with van der Waals surface area (Å²) in [7, 11) is 0. The number of aromatic nitrogens is 4. The van der Waals surface area contributed by atoms with E-state index < -0.39 is 0 Å². The summed E-state index contributed by atoms with van der Waals surface area (Å²) in [6, 6.07) is 15.7. The zero-order valence-corrected chi connectivity index (χ0v) is 17.0. The first-order chi connectivity index (χ1) is 14.7. The summed E-state index contributed by atoms with van der Waals surface area (Å²) in [5, 5.41) is 13.4. The van der Waals surface area contributed by atoms with Crippen LogP contribution in [-0.4, -0.2) is 48.6 Å². The molecule has 1 saturated heterocycles. The summed E-state index contributed by atoms with van der Waals surface area (Å²) in [6.45, 7) is 2.46. The van der Waals surface area contributed by atoms with E-state index in [4.69, 9.17) is 11.6 Å². The molecule has 2 N–H and O–H groups in total. The molecular formula is C22H21ClN6O. The van der Waals surface area contributed by atoms with Crippen LogP contribution in [0.3, 0.4) is 0 Å². The molecule has 4 aromatic rings. The maximum atomic E-state index is 9.73. The number of hydrogen-bond acceptors (Lipinski definition) is 6. The van der Waals surface area contributed by atoms with Crippen LogP contribution in [0.5, 0.6) is 0 Å². The van der Waals surface area contributed by atoms with Gasteiger partial charge in [-0.15, -0.1) is 0 Å². The predicted octanol–water partition coefficient (Wildman–Crippen LogP) is 3.75. The molecule has 3 aromatic heterocycles. The summed E-state index contributed by atoms with van der Waals surface area (Å²) < 4.78 is 1.92. The Morgan fingerprint density at radius 1 is 1.13 bits per heavy atom. The lowest BCUT2D eigenvalue weighted by Crippen LogP contribution is -2.21. The molecule has 1 aliphatic heterocycles. The number of β-amino-alcohol motifs (C(OH)–C–C–N with tert-alkyl or cyclic N) is 1. The standard InChI is InChI=1S/C22H21ClN6O/c23-21-20(29-10-2-1-6-19(29)27-21)18-7-9-24-22(26-18)25-16-5-3-4-15(12-16)13-28-11-8-17(30)14-28/h1-7,9-10,12,17,30H,8,11,13-14H2,(H,24,25,26). The lowest BCUT2D eigenvalue weighted by molar-refractivity contribution is 0.175. The van der Waals surface area contributed by atoms with Crippen LogP contribution in [0.25, 0.3) is 17.0 Å². The van der Waals surface area contributed by atoms with Crippen molar-refractivity contribution in [1.29, 1.82) is 0 Å². The van der Waals surface area contributed by atoms with Crippen molar-refractivity contribution in [2.24, 2.45) is 0 Å². The predicted molar refractivity (Wildman–Crippen MR) is 117 cm³/mol. The molecule has 5 rings (SSSR count). The lowest BCUT2D eigenvalue weighted by atomic mass is 10.2. The van der Waals surface area contributed by atoms with Crippen molar-refractivity contribution in [3.63, 3.8) is 0 Å². The van der Waals surface area contributed by atoms with Crippen molar-refractivity contribution in [3.05, 3.63) is 71.6 Å². The van der Waals surface area contributed by atoms with Gasteiger partial charge in [-0.1, -0.05) is 29.8 Å². The second-order valence-corrected chi connectivity index (χ2v) is 7.81. The molecule has 4 heterocycles. The molecule has 152 valence electrons. The molecule has 0 radical (unpaired) electrons. The summed E-state index contributed by atoms with van der Waals surface area (Å²) in [5.41, 5.74) is 4.28. The first kappa shape index (κ1) is 19.0. The SMILES string of the molecule is OC1CCN(Cc2cccc(Nc3nccc(-c4c(Cl)nc5ccccn45)n3)c2)C1. The van der Waals surface area contributed by atoms with Crippen molar-refractivity contribution >= 4 is 28.9 Å². The molecular weight excluding hydrogens is 400 g/mol. The van der Waals surface area contributed by atoms with Crippen molar-refractivity contribution in [2.75, 3.05) is 18.4 Å². The number of aliphatic hydroxyl groups excluding tert-OH is 1. The van der Waals surface area contributed by atoms with Gasteiger partial charge in [0, 0.05) is 37.7 Å². The maximum Gasteiger partial charge on any atom is 0.227 e. The first-order valence-corrected chi connectivity index (χ1v) is 10.3. The summed E-state index contributed by atoms with van der Waals surface area (Å²) in [5.74, 6) is 0.489. The lowest BCUT2D eigenvalue weighted by Gasteiger charge is -2.15. The van der Waals surface area contributed by atoms with E-state index in [1.165, 1.54) is 5.56 Å². The monoisotopic (exact) mass is 420 g/mol.